The van der Waals surface area contributed by atoms with Gasteiger partial charge in [-0.3, -0.25) is 0 Å². The Labute approximate surface area is 63.4 Å². The molecule has 0 aliphatic heterocycles. The minimum Gasteiger partial charge on any atom is -0.317 e. The zero-order valence-electron chi connectivity index (χ0n) is 6.98. The van der Waals surface area contributed by atoms with Crippen molar-refractivity contribution in [1.29, 1.82) is 0 Å². The Hall–Kier alpha value is -0.0800. The summed E-state index contributed by atoms with van der Waals surface area (Å²) in [5, 5.41) is 6.78. The second kappa shape index (κ2) is 3.94. The quantitative estimate of drug-likeness (QED) is 0.607. The van der Waals surface area contributed by atoms with Crippen LogP contribution in [0.3, 0.4) is 0 Å². The van der Waals surface area contributed by atoms with Crippen molar-refractivity contribution in [3.8, 4) is 0 Å². The van der Waals surface area contributed by atoms with Crippen molar-refractivity contribution in [1.82, 2.24) is 10.6 Å². The lowest BCUT2D eigenvalue weighted by Crippen LogP contribution is -2.29. The van der Waals surface area contributed by atoms with E-state index in [1.165, 1.54) is 19.3 Å². The Kier molecular flexibility index (Phi) is 3.16. The summed E-state index contributed by atoms with van der Waals surface area (Å²) in [6.45, 7) is 3.29. The van der Waals surface area contributed by atoms with Gasteiger partial charge in [-0.2, -0.15) is 0 Å². The van der Waals surface area contributed by atoms with E-state index in [0.717, 1.165) is 18.6 Å². The van der Waals surface area contributed by atoms with E-state index in [1.807, 2.05) is 0 Å². The molecule has 1 aliphatic carbocycles. The van der Waals surface area contributed by atoms with Crippen molar-refractivity contribution in [2.45, 2.75) is 38.3 Å². The summed E-state index contributed by atoms with van der Waals surface area (Å²) in [7, 11) is 2.05. The van der Waals surface area contributed by atoms with Crippen molar-refractivity contribution in [3.63, 3.8) is 0 Å². The smallest absolute Gasteiger partial charge is 0.00823 e. The van der Waals surface area contributed by atoms with Crippen LogP contribution < -0.4 is 10.6 Å². The van der Waals surface area contributed by atoms with E-state index >= 15 is 0 Å². The fourth-order valence-corrected chi connectivity index (χ4v) is 1.72. The molecule has 2 atom stereocenters. The first-order valence-electron chi connectivity index (χ1n) is 4.27. The van der Waals surface area contributed by atoms with Gasteiger partial charge in [0.2, 0.25) is 0 Å². The maximum atomic E-state index is 3.47. The third-order valence-corrected chi connectivity index (χ3v) is 2.33. The first kappa shape index (κ1) is 8.02. The van der Waals surface area contributed by atoms with Crippen LogP contribution in [0.25, 0.3) is 0 Å². The highest BCUT2D eigenvalue weighted by Gasteiger charge is 2.21. The zero-order valence-corrected chi connectivity index (χ0v) is 6.98. The van der Waals surface area contributed by atoms with Crippen molar-refractivity contribution < 1.29 is 0 Å². The van der Waals surface area contributed by atoms with Crippen molar-refractivity contribution in [2.75, 3.05) is 13.6 Å². The second-order valence-corrected chi connectivity index (χ2v) is 3.05. The molecular formula is C8H18N2. The molecule has 10 heavy (non-hydrogen) atoms. The molecule has 0 aromatic heterocycles. The third-order valence-electron chi connectivity index (χ3n) is 2.33. The van der Waals surface area contributed by atoms with E-state index in [1.54, 1.807) is 0 Å². The molecule has 60 valence electrons. The van der Waals surface area contributed by atoms with Crippen molar-refractivity contribution in [3.05, 3.63) is 0 Å². The summed E-state index contributed by atoms with van der Waals surface area (Å²) in [5.41, 5.74) is 0. The zero-order chi connectivity index (χ0) is 7.40. The molecule has 2 N–H and O–H groups in total. The Morgan fingerprint density at radius 3 is 2.50 bits per heavy atom. The van der Waals surface area contributed by atoms with Crippen LogP contribution in [0.2, 0.25) is 0 Å². The van der Waals surface area contributed by atoms with E-state index < -0.39 is 0 Å². The van der Waals surface area contributed by atoms with E-state index in [0.29, 0.717) is 0 Å². The van der Waals surface area contributed by atoms with Crippen LogP contribution in [-0.4, -0.2) is 25.7 Å². The van der Waals surface area contributed by atoms with Crippen LogP contribution in [0.4, 0.5) is 0 Å². The van der Waals surface area contributed by atoms with Gasteiger partial charge in [0.25, 0.3) is 0 Å². The molecule has 2 heteroatoms. The summed E-state index contributed by atoms with van der Waals surface area (Å²) in [5.74, 6) is 0. The van der Waals surface area contributed by atoms with E-state index in [-0.39, 0.29) is 0 Å². The van der Waals surface area contributed by atoms with Gasteiger partial charge in [0.05, 0.1) is 0 Å². The monoisotopic (exact) mass is 142 g/mol. The van der Waals surface area contributed by atoms with Crippen LogP contribution in [0.1, 0.15) is 26.2 Å². The summed E-state index contributed by atoms with van der Waals surface area (Å²) in [6, 6.07) is 1.55. The summed E-state index contributed by atoms with van der Waals surface area (Å²) < 4.78 is 0. The summed E-state index contributed by atoms with van der Waals surface area (Å²) in [6.07, 6.45) is 4.00. The largest absolute Gasteiger partial charge is 0.317 e. The van der Waals surface area contributed by atoms with Gasteiger partial charge in [-0.25, -0.2) is 0 Å². The molecule has 1 fully saturated rings. The Bertz CT molecular complexity index is 93.3. The highest BCUT2D eigenvalue weighted by Crippen LogP contribution is 2.18. The normalized spacial score (nSPS) is 33.0. The molecule has 2 unspecified atom stereocenters. The predicted molar refractivity (Wildman–Crippen MR) is 44.2 cm³/mol. The van der Waals surface area contributed by atoms with Crippen LogP contribution in [0.15, 0.2) is 0 Å². The number of nitrogens with one attached hydrogen (secondary N) is 2. The van der Waals surface area contributed by atoms with Crippen LogP contribution >= 0.6 is 0 Å². The van der Waals surface area contributed by atoms with Gasteiger partial charge < -0.3 is 10.6 Å². The predicted octanol–water partition coefficient (Wildman–Crippen LogP) is 0.736. The molecule has 0 amide bonds. The average Bonchev–Trinajstić information content (AvgIpc) is 2.37. The van der Waals surface area contributed by atoms with Crippen LogP contribution in [0.5, 0.6) is 0 Å². The minimum atomic E-state index is 0.768. The maximum Gasteiger partial charge on any atom is 0.00823 e. The first-order chi connectivity index (χ1) is 4.86. The molecule has 0 saturated heterocycles. The maximum absolute atomic E-state index is 3.47. The number of rotatable bonds is 3. The molecule has 0 aromatic carbocycles. The van der Waals surface area contributed by atoms with Crippen molar-refractivity contribution >= 4 is 0 Å². The highest BCUT2D eigenvalue weighted by atomic mass is 15.0. The lowest BCUT2D eigenvalue weighted by Gasteiger charge is -2.10. The Morgan fingerprint density at radius 2 is 2.00 bits per heavy atom. The van der Waals surface area contributed by atoms with Gasteiger partial charge >= 0.3 is 0 Å². The van der Waals surface area contributed by atoms with Gasteiger partial charge in [0.15, 0.2) is 0 Å². The van der Waals surface area contributed by atoms with Gasteiger partial charge in [-0.15, -0.1) is 0 Å². The molecule has 0 bridgehead atoms. The van der Waals surface area contributed by atoms with Gasteiger partial charge in [-0.05, 0) is 32.9 Å². The molecule has 1 saturated carbocycles. The lowest BCUT2D eigenvalue weighted by atomic mass is 10.2. The van der Waals surface area contributed by atoms with E-state index in [4.69, 9.17) is 0 Å². The third kappa shape index (κ3) is 1.96. The lowest BCUT2D eigenvalue weighted by molar-refractivity contribution is 0.513. The summed E-state index contributed by atoms with van der Waals surface area (Å²) >= 11 is 0. The topological polar surface area (TPSA) is 24.1 Å². The summed E-state index contributed by atoms with van der Waals surface area (Å²) in [4.78, 5) is 0. The average molecular weight is 142 g/mol. The van der Waals surface area contributed by atoms with Gasteiger partial charge in [-0.1, -0.05) is 6.92 Å². The van der Waals surface area contributed by atoms with Crippen LogP contribution in [-0.2, 0) is 0 Å². The van der Waals surface area contributed by atoms with Crippen LogP contribution in [0, 0.1) is 0 Å². The molecule has 0 aromatic rings. The molecule has 0 heterocycles. The second-order valence-electron chi connectivity index (χ2n) is 3.05. The van der Waals surface area contributed by atoms with E-state index in [2.05, 4.69) is 24.6 Å². The fourth-order valence-electron chi connectivity index (χ4n) is 1.72. The number of hydrogen-bond acceptors (Lipinski definition) is 2. The highest BCUT2D eigenvalue weighted by molar-refractivity contribution is 4.83. The Balaban J connectivity index is 2.15. The minimum absolute atomic E-state index is 0.768. The molecule has 1 rings (SSSR count). The molecule has 1 aliphatic rings. The standard InChI is InChI=1S/C8H18N2/c1-3-10-8-5-4-7(6-8)9-2/h7-10H,3-6H2,1-2H3. The molecule has 2 nitrogen and oxygen atoms in total. The SMILES string of the molecule is CCNC1CCC(NC)C1. The number of hydrogen-bond donors (Lipinski definition) is 2. The fraction of sp³-hybridized carbons (Fsp3) is 1.00. The van der Waals surface area contributed by atoms with Gasteiger partial charge in [0.1, 0.15) is 0 Å². The van der Waals surface area contributed by atoms with Gasteiger partial charge in [0, 0.05) is 12.1 Å². The molecule has 0 radical (unpaired) electrons. The van der Waals surface area contributed by atoms with E-state index in [9.17, 15) is 0 Å². The van der Waals surface area contributed by atoms with Crippen molar-refractivity contribution in [2.24, 2.45) is 0 Å². The molecule has 0 spiro atoms. The first-order valence-corrected chi connectivity index (χ1v) is 4.27. The Morgan fingerprint density at radius 1 is 1.30 bits per heavy atom. The molecular weight excluding hydrogens is 124 g/mol.